The fraction of sp³-hybridized carbons (Fsp3) is 0.385. The van der Waals surface area contributed by atoms with Crippen molar-refractivity contribution in [2.45, 2.75) is 37.8 Å². The molecule has 0 radical (unpaired) electrons. The predicted octanol–water partition coefficient (Wildman–Crippen LogP) is 4.56. The largest absolute Gasteiger partial charge is 0.448 e. The molecule has 1 aliphatic carbocycles. The lowest BCUT2D eigenvalue weighted by atomic mass is 9.82. The summed E-state index contributed by atoms with van der Waals surface area (Å²) in [7, 11) is 0. The van der Waals surface area contributed by atoms with E-state index in [1.165, 1.54) is 22.3 Å². The third-order valence-corrected chi connectivity index (χ3v) is 6.80. The number of hydrogen-bond acceptors (Lipinski definition) is 4. The molecule has 0 saturated carbocycles. The van der Waals surface area contributed by atoms with Crippen LogP contribution >= 0.6 is 0 Å². The van der Waals surface area contributed by atoms with Crippen LogP contribution in [-0.4, -0.2) is 48.7 Å². The van der Waals surface area contributed by atoms with E-state index in [0.29, 0.717) is 32.7 Å². The SMILES string of the molecule is C/C=C\C(=O)C1CC2COCC(C1)N2C(=O)OCC1c2ccccc2-c2ccccc21. The number of amides is 1. The van der Waals surface area contributed by atoms with E-state index < -0.39 is 0 Å². The number of fused-ring (bicyclic) bond motifs is 5. The van der Waals surface area contributed by atoms with Crippen LogP contribution in [-0.2, 0) is 14.3 Å². The number of allylic oxidation sites excluding steroid dienone is 2. The van der Waals surface area contributed by atoms with E-state index in [1.807, 2.05) is 36.1 Å². The number of benzene rings is 2. The zero-order valence-corrected chi connectivity index (χ0v) is 17.7. The fourth-order valence-corrected chi connectivity index (χ4v) is 5.41. The maximum atomic E-state index is 13.1. The lowest BCUT2D eigenvalue weighted by Gasteiger charge is -2.47. The molecule has 5 rings (SSSR count). The standard InChI is InChI=1S/C26H27NO4/c1-2-7-25(28)17-12-18-14-30-15-19(13-17)27(18)26(29)31-16-24-22-10-5-3-8-20(22)21-9-4-6-11-23(21)24/h2-11,17-19,24H,12-16H2,1H3/b7-2-. The zero-order chi connectivity index (χ0) is 21.4. The Bertz CT molecular complexity index is 970. The van der Waals surface area contributed by atoms with Gasteiger partial charge in [0.15, 0.2) is 5.78 Å². The minimum absolute atomic E-state index is 0.0428. The van der Waals surface area contributed by atoms with Crippen molar-refractivity contribution < 1.29 is 19.1 Å². The molecule has 0 N–H and O–H groups in total. The Balaban J connectivity index is 1.31. The summed E-state index contributed by atoms with van der Waals surface area (Å²) < 4.78 is 11.6. The van der Waals surface area contributed by atoms with Gasteiger partial charge >= 0.3 is 6.09 Å². The Morgan fingerprint density at radius 1 is 1.00 bits per heavy atom. The first-order valence-corrected chi connectivity index (χ1v) is 11.0. The Labute approximate surface area is 182 Å². The molecule has 5 heteroatoms. The minimum Gasteiger partial charge on any atom is -0.448 e. The van der Waals surface area contributed by atoms with Crippen molar-refractivity contribution in [2.24, 2.45) is 5.92 Å². The summed E-state index contributed by atoms with van der Waals surface area (Å²) in [6.45, 7) is 3.08. The average Bonchev–Trinajstić information content (AvgIpc) is 3.10. The number of hydrogen-bond donors (Lipinski definition) is 0. The summed E-state index contributed by atoms with van der Waals surface area (Å²) in [5.74, 6) is 0.139. The van der Waals surface area contributed by atoms with Crippen molar-refractivity contribution in [1.82, 2.24) is 4.90 Å². The van der Waals surface area contributed by atoms with Crippen LogP contribution in [0.25, 0.3) is 11.1 Å². The highest BCUT2D eigenvalue weighted by Gasteiger charge is 2.44. The molecule has 2 unspecified atom stereocenters. The van der Waals surface area contributed by atoms with Crippen LogP contribution in [0.4, 0.5) is 4.79 Å². The number of rotatable bonds is 4. The lowest BCUT2D eigenvalue weighted by molar-refractivity contribution is -0.126. The topological polar surface area (TPSA) is 55.8 Å². The molecule has 160 valence electrons. The Kier molecular flexibility index (Phi) is 5.36. The molecule has 1 amide bonds. The summed E-state index contributed by atoms with van der Waals surface area (Å²) in [5.41, 5.74) is 4.84. The second kappa shape index (κ2) is 8.31. The zero-order valence-electron chi connectivity index (χ0n) is 17.7. The van der Waals surface area contributed by atoms with Crippen LogP contribution in [0, 0.1) is 5.92 Å². The van der Waals surface area contributed by atoms with Gasteiger partial charge in [-0.05, 0) is 48.1 Å². The normalized spacial score (nSPS) is 24.7. The molecule has 2 heterocycles. The molecule has 0 aromatic heterocycles. The average molecular weight is 418 g/mol. The molecule has 5 nitrogen and oxygen atoms in total. The van der Waals surface area contributed by atoms with Gasteiger partial charge in [-0.25, -0.2) is 4.79 Å². The van der Waals surface area contributed by atoms with E-state index in [9.17, 15) is 9.59 Å². The van der Waals surface area contributed by atoms with Gasteiger partial charge in [0.1, 0.15) is 6.61 Å². The van der Waals surface area contributed by atoms with Crippen LogP contribution in [0.5, 0.6) is 0 Å². The number of nitrogens with zero attached hydrogens (tertiary/aromatic N) is 1. The summed E-state index contributed by atoms with van der Waals surface area (Å²) in [4.78, 5) is 27.3. The summed E-state index contributed by atoms with van der Waals surface area (Å²) in [5, 5.41) is 0. The van der Waals surface area contributed by atoms with Gasteiger partial charge < -0.3 is 9.47 Å². The van der Waals surface area contributed by atoms with Gasteiger partial charge in [0, 0.05) is 11.8 Å². The summed E-state index contributed by atoms with van der Waals surface area (Å²) in [6, 6.07) is 16.4. The molecular weight excluding hydrogens is 390 g/mol. The smallest absolute Gasteiger partial charge is 0.410 e. The van der Waals surface area contributed by atoms with Crippen LogP contribution in [0.1, 0.15) is 36.8 Å². The predicted molar refractivity (Wildman–Crippen MR) is 118 cm³/mol. The number of carbonyl (C=O) groups is 2. The maximum absolute atomic E-state index is 13.1. The first-order chi connectivity index (χ1) is 15.2. The third-order valence-electron chi connectivity index (χ3n) is 6.80. The van der Waals surface area contributed by atoms with Gasteiger partial charge in [0.2, 0.25) is 0 Å². The van der Waals surface area contributed by atoms with E-state index >= 15 is 0 Å². The molecule has 0 spiro atoms. The van der Waals surface area contributed by atoms with Gasteiger partial charge in [0.05, 0.1) is 25.3 Å². The fourth-order valence-electron chi connectivity index (χ4n) is 5.41. The van der Waals surface area contributed by atoms with Gasteiger partial charge in [0.25, 0.3) is 0 Å². The lowest BCUT2D eigenvalue weighted by Crippen LogP contribution is -2.60. The molecule has 31 heavy (non-hydrogen) atoms. The van der Waals surface area contributed by atoms with E-state index in [4.69, 9.17) is 9.47 Å². The van der Waals surface area contributed by atoms with Gasteiger partial charge in [-0.15, -0.1) is 0 Å². The molecule has 2 aliphatic heterocycles. The highest BCUT2D eigenvalue weighted by atomic mass is 16.6. The number of ketones is 1. The van der Waals surface area contributed by atoms with Crippen molar-refractivity contribution >= 4 is 11.9 Å². The molecule has 3 aliphatic rings. The number of carbonyl (C=O) groups excluding carboxylic acids is 2. The van der Waals surface area contributed by atoms with E-state index in [1.54, 1.807) is 12.2 Å². The highest BCUT2D eigenvalue weighted by Crippen LogP contribution is 2.44. The molecule has 2 aromatic carbocycles. The van der Waals surface area contributed by atoms with Crippen molar-refractivity contribution in [3.05, 3.63) is 71.8 Å². The monoisotopic (exact) mass is 417 g/mol. The molecular formula is C26H27NO4. The van der Waals surface area contributed by atoms with Crippen LogP contribution < -0.4 is 0 Å². The molecule has 2 atom stereocenters. The minimum atomic E-state index is -0.294. The maximum Gasteiger partial charge on any atom is 0.410 e. The quantitative estimate of drug-likeness (QED) is 0.685. The van der Waals surface area contributed by atoms with Crippen molar-refractivity contribution in [3.8, 4) is 11.1 Å². The summed E-state index contributed by atoms with van der Waals surface area (Å²) >= 11 is 0. The second-order valence-electron chi connectivity index (χ2n) is 8.63. The Morgan fingerprint density at radius 2 is 1.58 bits per heavy atom. The first kappa shape index (κ1) is 20.0. The molecule has 2 fully saturated rings. The van der Waals surface area contributed by atoms with Gasteiger partial charge in [-0.2, -0.15) is 0 Å². The van der Waals surface area contributed by atoms with E-state index in [2.05, 4.69) is 24.3 Å². The van der Waals surface area contributed by atoms with Crippen molar-refractivity contribution in [1.29, 1.82) is 0 Å². The van der Waals surface area contributed by atoms with Crippen LogP contribution in [0.2, 0.25) is 0 Å². The van der Waals surface area contributed by atoms with Crippen molar-refractivity contribution in [2.75, 3.05) is 19.8 Å². The van der Waals surface area contributed by atoms with Crippen LogP contribution in [0.3, 0.4) is 0 Å². The van der Waals surface area contributed by atoms with E-state index in [0.717, 1.165) is 0 Å². The molecule has 2 aromatic rings. The summed E-state index contributed by atoms with van der Waals surface area (Å²) in [6.07, 6.45) is 4.39. The second-order valence-corrected chi connectivity index (χ2v) is 8.63. The number of ether oxygens (including phenoxy) is 2. The Morgan fingerprint density at radius 3 is 2.16 bits per heavy atom. The third kappa shape index (κ3) is 3.57. The highest BCUT2D eigenvalue weighted by molar-refractivity contribution is 5.92. The van der Waals surface area contributed by atoms with Crippen LogP contribution in [0.15, 0.2) is 60.7 Å². The van der Waals surface area contributed by atoms with Crippen molar-refractivity contribution in [3.63, 3.8) is 0 Å². The molecule has 2 bridgehead atoms. The Hall–Kier alpha value is -2.92. The first-order valence-electron chi connectivity index (χ1n) is 11.0. The van der Waals surface area contributed by atoms with Gasteiger partial charge in [-0.3, -0.25) is 9.69 Å². The molecule has 2 saturated heterocycles. The van der Waals surface area contributed by atoms with Gasteiger partial charge in [-0.1, -0.05) is 54.6 Å². The number of piperidine rings is 1. The van der Waals surface area contributed by atoms with E-state index in [-0.39, 0.29) is 35.8 Å². The number of morpholine rings is 1.